The molecule has 0 spiro atoms. The molecule has 1 atom stereocenters. The minimum Gasteiger partial charge on any atom is -0.354 e. The first kappa shape index (κ1) is 21.3. The van der Waals surface area contributed by atoms with Gasteiger partial charge in [-0.25, -0.2) is 9.37 Å². The lowest BCUT2D eigenvalue weighted by Gasteiger charge is -2.26. The minimum atomic E-state index is -0.283. The van der Waals surface area contributed by atoms with E-state index in [1.807, 2.05) is 11.4 Å². The minimum absolute atomic E-state index is 0.253. The summed E-state index contributed by atoms with van der Waals surface area (Å²) < 4.78 is 15.5. The summed E-state index contributed by atoms with van der Waals surface area (Å²) >= 11 is 0. The van der Waals surface area contributed by atoms with Gasteiger partial charge in [0.05, 0.1) is 0 Å². The van der Waals surface area contributed by atoms with E-state index in [9.17, 15) is 9.65 Å². The molecular weight excluding hydrogens is 391 g/mol. The number of halogens is 1. The van der Waals surface area contributed by atoms with Gasteiger partial charge in [0.1, 0.15) is 23.3 Å². The summed E-state index contributed by atoms with van der Waals surface area (Å²) in [5.74, 6) is 1.34. The van der Waals surface area contributed by atoms with Crippen LogP contribution in [0, 0.1) is 24.1 Å². The number of benzene rings is 1. The van der Waals surface area contributed by atoms with Crippen LogP contribution in [0.3, 0.4) is 0 Å². The van der Waals surface area contributed by atoms with Crippen LogP contribution in [0.15, 0.2) is 24.3 Å². The van der Waals surface area contributed by atoms with Gasteiger partial charge < -0.3 is 9.80 Å². The van der Waals surface area contributed by atoms with E-state index in [2.05, 4.69) is 50.7 Å². The van der Waals surface area contributed by atoms with Crippen molar-refractivity contribution in [1.29, 1.82) is 5.26 Å². The molecule has 0 aliphatic carbocycles. The molecule has 2 aromatic heterocycles. The van der Waals surface area contributed by atoms with Gasteiger partial charge in [-0.05, 0) is 50.7 Å². The monoisotopic (exact) mass is 420 g/mol. The average Bonchev–Trinajstić information content (AvgIpc) is 3.35. The standard InChI is InChI=1S/C24H29FN6/c1-15-19(13-26)21-27-23(24(2,3)4)28-31(21)22(30-12-11-18(14-30)29(5)6)20(15)16-7-9-17(25)10-8-16/h7-10,18H,11-12,14H2,1-6H3/t18-/m0/s1. The molecule has 3 aromatic rings. The Bertz CT molecular complexity index is 1160. The summed E-state index contributed by atoms with van der Waals surface area (Å²) in [4.78, 5) is 9.35. The summed E-state index contributed by atoms with van der Waals surface area (Å²) in [6, 6.07) is 9.24. The van der Waals surface area contributed by atoms with E-state index in [0.717, 1.165) is 42.0 Å². The molecular formula is C24H29FN6. The van der Waals surface area contributed by atoms with E-state index >= 15 is 0 Å². The van der Waals surface area contributed by atoms with Gasteiger partial charge in [-0.3, -0.25) is 0 Å². The summed E-state index contributed by atoms with van der Waals surface area (Å²) in [5.41, 5.74) is 3.46. The van der Waals surface area contributed by atoms with Crippen molar-refractivity contribution in [3.8, 4) is 17.2 Å². The van der Waals surface area contributed by atoms with Gasteiger partial charge in [-0.2, -0.15) is 9.78 Å². The van der Waals surface area contributed by atoms with Crippen molar-refractivity contribution in [3.63, 3.8) is 0 Å². The maximum atomic E-state index is 13.7. The molecule has 3 heterocycles. The Balaban J connectivity index is 2.05. The van der Waals surface area contributed by atoms with E-state index in [-0.39, 0.29) is 11.2 Å². The Morgan fingerprint density at radius 2 is 1.87 bits per heavy atom. The van der Waals surface area contributed by atoms with Crippen molar-refractivity contribution in [1.82, 2.24) is 19.5 Å². The average molecular weight is 421 g/mol. The van der Waals surface area contributed by atoms with Crippen LogP contribution in [0.4, 0.5) is 10.2 Å². The SMILES string of the molecule is Cc1c(-c2ccc(F)cc2)c(N2CC[C@H](N(C)C)C2)n2nc(C(C)(C)C)nc2c1C#N. The number of aromatic nitrogens is 3. The van der Waals surface area contributed by atoms with Crippen LogP contribution in [0.2, 0.25) is 0 Å². The van der Waals surface area contributed by atoms with Crippen molar-refractivity contribution in [2.24, 2.45) is 0 Å². The predicted molar refractivity (Wildman–Crippen MR) is 121 cm³/mol. The van der Waals surface area contributed by atoms with E-state index in [1.54, 1.807) is 12.1 Å². The largest absolute Gasteiger partial charge is 0.354 e. The topological polar surface area (TPSA) is 60.5 Å². The third kappa shape index (κ3) is 3.66. The molecule has 6 nitrogen and oxygen atoms in total. The number of likely N-dealkylation sites (N-methyl/N-ethyl adjacent to an activating group) is 1. The second-order valence-electron chi connectivity index (χ2n) is 9.59. The first-order chi connectivity index (χ1) is 14.6. The van der Waals surface area contributed by atoms with Crippen molar-refractivity contribution >= 4 is 11.5 Å². The van der Waals surface area contributed by atoms with E-state index in [1.165, 1.54) is 12.1 Å². The molecule has 0 N–H and O–H groups in total. The zero-order chi connectivity index (χ0) is 22.5. The Morgan fingerprint density at radius 3 is 2.42 bits per heavy atom. The molecule has 1 saturated heterocycles. The Morgan fingerprint density at radius 1 is 1.19 bits per heavy atom. The molecule has 7 heteroatoms. The van der Waals surface area contributed by atoms with Crippen LogP contribution in [-0.4, -0.2) is 52.7 Å². The highest BCUT2D eigenvalue weighted by Gasteiger charge is 2.32. The number of fused-ring (bicyclic) bond motifs is 1. The number of hydrogen-bond donors (Lipinski definition) is 0. The predicted octanol–water partition coefficient (Wildman–Crippen LogP) is 4.15. The third-order valence-electron chi connectivity index (χ3n) is 6.11. The molecule has 0 amide bonds. The van der Waals surface area contributed by atoms with Crippen molar-refractivity contribution in [2.45, 2.75) is 45.6 Å². The van der Waals surface area contributed by atoms with E-state index in [0.29, 0.717) is 23.1 Å². The highest BCUT2D eigenvalue weighted by atomic mass is 19.1. The summed E-state index contributed by atoms with van der Waals surface area (Å²) in [7, 11) is 4.20. The second kappa shape index (κ2) is 7.61. The van der Waals surface area contributed by atoms with Gasteiger partial charge in [0.15, 0.2) is 11.5 Å². The lowest BCUT2D eigenvalue weighted by molar-refractivity contribution is 0.315. The fourth-order valence-electron chi connectivity index (χ4n) is 4.25. The summed E-state index contributed by atoms with van der Waals surface area (Å²) in [6.07, 6.45) is 1.04. The maximum Gasteiger partial charge on any atom is 0.176 e. The van der Waals surface area contributed by atoms with Crippen LogP contribution in [-0.2, 0) is 5.41 Å². The summed E-state index contributed by atoms with van der Waals surface area (Å²) in [6.45, 7) is 9.89. The quantitative estimate of drug-likeness (QED) is 0.637. The number of anilines is 1. The smallest absolute Gasteiger partial charge is 0.176 e. The molecule has 1 aliphatic heterocycles. The number of hydrogen-bond acceptors (Lipinski definition) is 5. The molecule has 4 rings (SSSR count). The lowest BCUT2D eigenvalue weighted by Crippen LogP contribution is -2.32. The van der Waals surface area contributed by atoms with Crippen LogP contribution in [0.25, 0.3) is 16.8 Å². The molecule has 1 aliphatic rings. The number of rotatable bonds is 3. The van der Waals surface area contributed by atoms with Gasteiger partial charge in [0, 0.05) is 30.1 Å². The van der Waals surface area contributed by atoms with Gasteiger partial charge >= 0.3 is 0 Å². The maximum absolute atomic E-state index is 13.7. The summed E-state index contributed by atoms with van der Waals surface area (Å²) in [5, 5.41) is 14.9. The first-order valence-corrected chi connectivity index (χ1v) is 10.6. The van der Waals surface area contributed by atoms with Crippen molar-refractivity contribution < 1.29 is 4.39 Å². The normalized spacial score (nSPS) is 17.0. The number of nitriles is 1. The van der Waals surface area contributed by atoms with E-state index in [4.69, 9.17) is 10.1 Å². The number of pyridine rings is 1. The molecule has 1 aromatic carbocycles. The highest BCUT2D eigenvalue weighted by Crippen LogP contribution is 2.39. The second-order valence-corrected chi connectivity index (χ2v) is 9.59. The third-order valence-corrected chi connectivity index (χ3v) is 6.11. The number of nitrogens with zero attached hydrogens (tertiary/aromatic N) is 6. The molecule has 0 unspecified atom stereocenters. The van der Waals surface area contributed by atoms with Crippen LogP contribution in [0.1, 0.15) is 44.1 Å². The van der Waals surface area contributed by atoms with Crippen molar-refractivity contribution in [2.75, 3.05) is 32.1 Å². The van der Waals surface area contributed by atoms with E-state index < -0.39 is 0 Å². The fraction of sp³-hybridized carbons (Fsp3) is 0.458. The molecule has 162 valence electrons. The van der Waals surface area contributed by atoms with Gasteiger partial charge in [0.25, 0.3) is 0 Å². The zero-order valence-corrected chi connectivity index (χ0v) is 19.1. The van der Waals surface area contributed by atoms with Crippen LogP contribution >= 0.6 is 0 Å². The molecule has 0 bridgehead atoms. The zero-order valence-electron chi connectivity index (χ0n) is 19.1. The molecule has 0 radical (unpaired) electrons. The van der Waals surface area contributed by atoms with Crippen molar-refractivity contribution in [3.05, 3.63) is 47.0 Å². The van der Waals surface area contributed by atoms with Crippen LogP contribution < -0.4 is 4.90 Å². The van der Waals surface area contributed by atoms with Crippen LogP contribution in [0.5, 0.6) is 0 Å². The molecule has 0 saturated carbocycles. The highest BCUT2D eigenvalue weighted by molar-refractivity contribution is 5.85. The molecule has 1 fully saturated rings. The first-order valence-electron chi connectivity index (χ1n) is 10.6. The Kier molecular flexibility index (Phi) is 5.22. The Labute approximate surface area is 182 Å². The van der Waals surface area contributed by atoms with Gasteiger partial charge in [-0.15, -0.1) is 5.10 Å². The Hall–Kier alpha value is -2.98. The van der Waals surface area contributed by atoms with Gasteiger partial charge in [-0.1, -0.05) is 32.9 Å². The van der Waals surface area contributed by atoms with Gasteiger partial charge in [0.2, 0.25) is 0 Å². The fourth-order valence-corrected chi connectivity index (χ4v) is 4.25. The lowest BCUT2D eigenvalue weighted by atomic mass is 9.96. The molecule has 31 heavy (non-hydrogen) atoms.